The van der Waals surface area contributed by atoms with Gasteiger partial charge in [0.05, 0.1) is 16.3 Å². The van der Waals surface area contributed by atoms with E-state index in [1.54, 1.807) is 18.2 Å². The molecule has 1 aromatic carbocycles. The van der Waals surface area contributed by atoms with Gasteiger partial charge in [-0.25, -0.2) is 8.42 Å². The van der Waals surface area contributed by atoms with Gasteiger partial charge in [-0.15, -0.1) is 10.2 Å². The number of amides is 1. The van der Waals surface area contributed by atoms with Gasteiger partial charge in [0.2, 0.25) is 5.91 Å². The van der Waals surface area contributed by atoms with Crippen LogP contribution in [0.2, 0.25) is 0 Å². The Morgan fingerprint density at radius 2 is 2.04 bits per heavy atom. The number of sulfone groups is 1. The number of aromatic nitrogens is 3. The van der Waals surface area contributed by atoms with E-state index in [0.717, 1.165) is 30.1 Å². The van der Waals surface area contributed by atoms with Crippen molar-refractivity contribution in [1.82, 2.24) is 14.8 Å². The van der Waals surface area contributed by atoms with Crippen LogP contribution in [0, 0.1) is 6.92 Å². The Balaban J connectivity index is 1.67. The molecule has 1 aromatic heterocycles. The predicted molar refractivity (Wildman–Crippen MR) is 91.9 cm³/mol. The van der Waals surface area contributed by atoms with Gasteiger partial charge in [0, 0.05) is 12.3 Å². The number of carbonyl (C=O) groups is 1. The number of nitrogens with one attached hydrogen (secondary N) is 1. The second-order valence-corrected chi connectivity index (χ2v) is 8.66. The number of nitrogens with zero attached hydrogens (tertiary/aromatic N) is 3. The molecule has 1 aliphatic carbocycles. The summed E-state index contributed by atoms with van der Waals surface area (Å²) in [7, 11) is -3.40. The molecule has 1 amide bonds. The molecule has 0 bridgehead atoms. The maximum absolute atomic E-state index is 12.2. The lowest BCUT2D eigenvalue weighted by molar-refractivity contribution is -0.113. The Bertz CT molecular complexity index is 873. The number of hydrogen-bond donors (Lipinski definition) is 1. The quantitative estimate of drug-likeness (QED) is 0.787. The van der Waals surface area contributed by atoms with Gasteiger partial charge in [-0.3, -0.25) is 4.79 Å². The number of rotatable bonds is 6. The van der Waals surface area contributed by atoms with Crippen LogP contribution in [0.1, 0.15) is 24.7 Å². The van der Waals surface area contributed by atoms with E-state index >= 15 is 0 Å². The molecule has 7 nitrogen and oxygen atoms in total. The van der Waals surface area contributed by atoms with Gasteiger partial charge in [0.15, 0.2) is 15.0 Å². The van der Waals surface area contributed by atoms with Crippen LogP contribution in [0.4, 0.5) is 5.69 Å². The van der Waals surface area contributed by atoms with Crippen LogP contribution in [-0.2, 0) is 14.6 Å². The predicted octanol–water partition coefficient (Wildman–Crippen LogP) is 2.06. The normalized spacial score (nSPS) is 14.6. The molecule has 0 atom stereocenters. The minimum Gasteiger partial charge on any atom is -0.324 e. The number of para-hydroxylation sites is 1. The lowest BCUT2D eigenvalue weighted by Crippen LogP contribution is -2.16. The fourth-order valence-corrected chi connectivity index (χ4v) is 4.11. The van der Waals surface area contributed by atoms with Gasteiger partial charge in [0.25, 0.3) is 0 Å². The van der Waals surface area contributed by atoms with E-state index in [0.29, 0.717) is 11.7 Å². The molecule has 2 aromatic rings. The number of benzene rings is 1. The van der Waals surface area contributed by atoms with Crippen molar-refractivity contribution in [3.8, 4) is 0 Å². The first kappa shape index (κ1) is 17.0. The summed E-state index contributed by atoms with van der Waals surface area (Å²) in [6.07, 6.45) is 3.34. The van der Waals surface area contributed by atoms with E-state index in [1.165, 1.54) is 17.8 Å². The molecular formula is C15H18N4O3S2. The first-order valence-corrected chi connectivity index (χ1v) is 10.4. The van der Waals surface area contributed by atoms with E-state index in [9.17, 15) is 13.2 Å². The maximum Gasteiger partial charge on any atom is 0.234 e. The van der Waals surface area contributed by atoms with Crippen molar-refractivity contribution in [1.29, 1.82) is 0 Å². The number of carbonyl (C=O) groups excluding carboxylic acids is 1. The highest BCUT2D eigenvalue weighted by molar-refractivity contribution is 7.99. The minimum absolute atomic E-state index is 0.111. The van der Waals surface area contributed by atoms with Crippen molar-refractivity contribution in [2.24, 2.45) is 0 Å². The topological polar surface area (TPSA) is 94.0 Å². The SMILES string of the molecule is Cc1nnc(SCC(=O)Nc2ccccc2S(C)(=O)=O)n1C1CC1. The van der Waals surface area contributed by atoms with Gasteiger partial charge in [0.1, 0.15) is 5.82 Å². The molecule has 0 aliphatic heterocycles. The molecule has 9 heteroatoms. The average Bonchev–Trinajstić information content (AvgIpc) is 3.28. The monoisotopic (exact) mass is 366 g/mol. The Kier molecular flexibility index (Phi) is 4.64. The van der Waals surface area contributed by atoms with Gasteiger partial charge in [-0.2, -0.15) is 0 Å². The number of anilines is 1. The molecule has 1 heterocycles. The van der Waals surface area contributed by atoms with Crippen molar-refractivity contribution in [3.05, 3.63) is 30.1 Å². The molecular weight excluding hydrogens is 348 g/mol. The summed E-state index contributed by atoms with van der Waals surface area (Å²) in [5.41, 5.74) is 0.297. The molecule has 1 N–H and O–H groups in total. The van der Waals surface area contributed by atoms with Crippen molar-refractivity contribution < 1.29 is 13.2 Å². The highest BCUT2D eigenvalue weighted by atomic mass is 32.2. The van der Waals surface area contributed by atoms with E-state index in [4.69, 9.17) is 0 Å². The summed E-state index contributed by atoms with van der Waals surface area (Å²) in [4.78, 5) is 12.3. The molecule has 1 saturated carbocycles. The maximum atomic E-state index is 12.2. The van der Waals surface area contributed by atoms with E-state index in [1.807, 2.05) is 6.92 Å². The zero-order chi connectivity index (χ0) is 17.3. The van der Waals surface area contributed by atoms with Crippen LogP contribution < -0.4 is 5.32 Å². The van der Waals surface area contributed by atoms with Crippen LogP contribution >= 0.6 is 11.8 Å². The summed E-state index contributed by atoms with van der Waals surface area (Å²) < 4.78 is 25.6. The molecule has 0 unspecified atom stereocenters. The zero-order valence-electron chi connectivity index (χ0n) is 13.4. The average molecular weight is 366 g/mol. The summed E-state index contributed by atoms with van der Waals surface area (Å²) >= 11 is 1.30. The third-order valence-corrected chi connectivity index (χ3v) is 5.74. The Labute approximate surface area is 144 Å². The van der Waals surface area contributed by atoms with Crippen LogP contribution in [0.15, 0.2) is 34.3 Å². The van der Waals surface area contributed by atoms with Gasteiger partial charge in [-0.05, 0) is 31.9 Å². The van der Waals surface area contributed by atoms with E-state index < -0.39 is 9.84 Å². The van der Waals surface area contributed by atoms with E-state index in [-0.39, 0.29) is 16.6 Å². The number of hydrogen-bond acceptors (Lipinski definition) is 6. The molecule has 24 heavy (non-hydrogen) atoms. The largest absolute Gasteiger partial charge is 0.324 e. The lowest BCUT2D eigenvalue weighted by Gasteiger charge is -2.10. The summed E-state index contributed by atoms with van der Waals surface area (Å²) in [6, 6.07) is 6.81. The Hall–Kier alpha value is -1.87. The fourth-order valence-electron chi connectivity index (χ4n) is 2.41. The molecule has 0 saturated heterocycles. The Morgan fingerprint density at radius 3 is 2.71 bits per heavy atom. The second kappa shape index (κ2) is 6.56. The smallest absolute Gasteiger partial charge is 0.234 e. The van der Waals surface area contributed by atoms with Crippen LogP contribution in [-0.4, -0.2) is 41.1 Å². The molecule has 128 valence electrons. The van der Waals surface area contributed by atoms with Crippen molar-refractivity contribution >= 4 is 33.2 Å². The lowest BCUT2D eigenvalue weighted by atomic mass is 10.3. The standard InChI is InChI=1S/C15H18N4O3S2/c1-10-17-18-15(19(10)11-7-8-11)23-9-14(20)16-12-5-3-4-6-13(12)24(2,21)22/h3-6,11H,7-9H2,1-2H3,(H,16,20). The molecule has 3 rings (SSSR count). The van der Waals surface area contributed by atoms with Gasteiger partial charge >= 0.3 is 0 Å². The zero-order valence-corrected chi connectivity index (χ0v) is 15.0. The van der Waals surface area contributed by atoms with Crippen molar-refractivity contribution in [2.45, 2.75) is 35.9 Å². The summed E-state index contributed by atoms with van der Waals surface area (Å²) in [5.74, 6) is 0.713. The second-order valence-electron chi connectivity index (χ2n) is 5.74. The highest BCUT2D eigenvalue weighted by Gasteiger charge is 2.28. The number of thioether (sulfide) groups is 1. The summed E-state index contributed by atoms with van der Waals surface area (Å²) in [6.45, 7) is 1.90. The first-order chi connectivity index (χ1) is 11.4. The van der Waals surface area contributed by atoms with Crippen molar-refractivity contribution in [2.75, 3.05) is 17.3 Å². The number of aryl methyl sites for hydroxylation is 1. The van der Waals surface area contributed by atoms with Gasteiger partial charge < -0.3 is 9.88 Å². The van der Waals surface area contributed by atoms with Gasteiger partial charge in [-0.1, -0.05) is 23.9 Å². The Morgan fingerprint density at radius 1 is 1.33 bits per heavy atom. The van der Waals surface area contributed by atoms with E-state index in [2.05, 4.69) is 20.1 Å². The van der Waals surface area contributed by atoms with Crippen LogP contribution in [0.5, 0.6) is 0 Å². The minimum atomic E-state index is -3.40. The third-order valence-electron chi connectivity index (χ3n) is 3.64. The third kappa shape index (κ3) is 3.78. The van der Waals surface area contributed by atoms with Crippen LogP contribution in [0.3, 0.4) is 0 Å². The van der Waals surface area contributed by atoms with Crippen LogP contribution in [0.25, 0.3) is 0 Å². The molecule has 1 aliphatic rings. The molecule has 0 spiro atoms. The molecule has 0 radical (unpaired) electrons. The highest BCUT2D eigenvalue weighted by Crippen LogP contribution is 2.38. The first-order valence-electron chi connectivity index (χ1n) is 7.49. The molecule has 1 fully saturated rings. The summed E-state index contributed by atoms with van der Waals surface area (Å²) in [5, 5.41) is 11.6. The fraction of sp³-hybridized carbons (Fsp3) is 0.400. The van der Waals surface area contributed by atoms with Crippen molar-refractivity contribution in [3.63, 3.8) is 0 Å².